The summed E-state index contributed by atoms with van der Waals surface area (Å²) in [6.45, 7) is 1.62. The van der Waals surface area contributed by atoms with E-state index in [0.717, 1.165) is 18.2 Å². The molecule has 16 heavy (non-hydrogen) atoms. The van der Waals surface area contributed by atoms with E-state index in [9.17, 15) is 13.6 Å². The number of benzene rings is 1. The number of halogens is 3. The van der Waals surface area contributed by atoms with Crippen molar-refractivity contribution < 1.29 is 13.6 Å². The minimum Gasteiger partial charge on any atom is -0.352 e. The first-order chi connectivity index (χ1) is 7.54. The molecule has 1 aromatic carbocycles. The summed E-state index contributed by atoms with van der Waals surface area (Å²) >= 11 is 5.49. The molecule has 0 saturated carbocycles. The lowest BCUT2D eigenvalue weighted by atomic mass is 10.1. The van der Waals surface area contributed by atoms with Gasteiger partial charge in [-0.05, 0) is 18.2 Å². The van der Waals surface area contributed by atoms with Crippen LogP contribution in [0.4, 0.5) is 8.78 Å². The Hall–Kier alpha value is -1.16. The Morgan fingerprint density at radius 1 is 1.50 bits per heavy atom. The first-order valence-corrected chi connectivity index (χ1v) is 5.35. The average molecular weight is 248 g/mol. The first kappa shape index (κ1) is 12.9. The molecular formula is C11H12ClF2NO. The molecule has 88 valence electrons. The summed E-state index contributed by atoms with van der Waals surface area (Å²) in [5, 5.41) is 2.49. The number of carbonyl (C=O) groups excluding carboxylic acids is 1. The van der Waals surface area contributed by atoms with Crippen LogP contribution >= 0.6 is 11.6 Å². The van der Waals surface area contributed by atoms with E-state index in [1.54, 1.807) is 6.92 Å². The van der Waals surface area contributed by atoms with Crippen molar-refractivity contribution in [2.24, 2.45) is 5.92 Å². The molecule has 0 aliphatic rings. The standard InChI is InChI=1S/C11H12ClF2NO/c1-7(5-12)11(16)15-6-8-4-9(13)2-3-10(8)14/h2-4,7H,5-6H2,1H3,(H,15,16). The van der Waals surface area contributed by atoms with Gasteiger partial charge in [0.25, 0.3) is 0 Å². The number of alkyl halides is 1. The second kappa shape index (κ2) is 5.80. The summed E-state index contributed by atoms with van der Waals surface area (Å²) in [6.07, 6.45) is 0. The molecule has 0 bridgehead atoms. The summed E-state index contributed by atoms with van der Waals surface area (Å²) in [4.78, 5) is 11.3. The van der Waals surface area contributed by atoms with Crippen LogP contribution in [0.3, 0.4) is 0 Å². The monoisotopic (exact) mass is 247 g/mol. The van der Waals surface area contributed by atoms with Crippen LogP contribution in [0.1, 0.15) is 12.5 Å². The van der Waals surface area contributed by atoms with Gasteiger partial charge in [-0.1, -0.05) is 6.92 Å². The van der Waals surface area contributed by atoms with Crippen LogP contribution in [0.25, 0.3) is 0 Å². The van der Waals surface area contributed by atoms with E-state index in [4.69, 9.17) is 11.6 Å². The molecule has 0 saturated heterocycles. The van der Waals surface area contributed by atoms with Crippen LogP contribution in [0.2, 0.25) is 0 Å². The Morgan fingerprint density at radius 3 is 2.81 bits per heavy atom. The largest absolute Gasteiger partial charge is 0.352 e. The molecule has 0 radical (unpaired) electrons. The third kappa shape index (κ3) is 3.45. The van der Waals surface area contributed by atoms with Gasteiger partial charge in [-0.25, -0.2) is 8.78 Å². The van der Waals surface area contributed by atoms with Crippen molar-refractivity contribution in [3.63, 3.8) is 0 Å². The smallest absolute Gasteiger partial charge is 0.224 e. The van der Waals surface area contributed by atoms with Crippen LogP contribution in [-0.2, 0) is 11.3 Å². The van der Waals surface area contributed by atoms with Crippen LogP contribution in [0.5, 0.6) is 0 Å². The zero-order valence-corrected chi connectivity index (χ0v) is 9.52. The molecule has 1 N–H and O–H groups in total. The third-order valence-electron chi connectivity index (χ3n) is 2.14. The zero-order valence-electron chi connectivity index (χ0n) is 8.77. The Labute approximate surface area is 97.6 Å². The first-order valence-electron chi connectivity index (χ1n) is 4.82. The summed E-state index contributed by atoms with van der Waals surface area (Å²) in [7, 11) is 0. The average Bonchev–Trinajstić information content (AvgIpc) is 2.28. The van der Waals surface area contributed by atoms with Gasteiger partial charge >= 0.3 is 0 Å². The lowest BCUT2D eigenvalue weighted by Gasteiger charge is -2.09. The van der Waals surface area contributed by atoms with Crippen molar-refractivity contribution in [1.82, 2.24) is 5.32 Å². The number of nitrogens with one attached hydrogen (secondary N) is 1. The van der Waals surface area contributed by atoms with Gasteiger partial charge in [-0.3, -0.25) is 4.79 Å². The van der Waals surface area contributed by atoms with Crippen molar-refractivity contribution in [3.8, 4) is 0 Å². The normalized spacial score (nSPS) is 12.2. The molecule has 5 heteroatoms. The lowest BCUT2D eigenvalue weighted by Crippen LogP contribution is -2.29. The molecule has 0 aliphatic carbocycles. The number of hydrogen-bond donors (Lipinski definition) is 1. The van der Waals surface area contributed by atoms with Gasteiger partial charge in [0.1, 0.15) is 11.6 Å². The van der Waals surface area contributed by atoms with E-state index in [1.807, 2.05) is 0 Å². The van der Waals surface area contributed by atoms with E-state index in [-0.39, 0.29) is 29.8 Å². The Bertz CT molecular complexity index is 384. The highest BCUT2D eigenvalue weighted by molar-refractivity contribution is 6.19. The molecule has 1 rings (SSSR count). The Balaban J connectivity index is 2.61. The molecule has 0 heterocycles. The van der Waals surface area contributed by atoms with Crippen molar-refractivity contribution >= 4 is 17.5 Å². The highest BCUT2D eigenvalue weighted by Crippen LogP contribution is 2.09. The fourth-order valence-corrected chi connectivity index (χ4v) is 1.25. The lowest BCUT2D eigenvalue weighted by molar-refractivity contribution is -0.124. The van der Waals surface area contributed by atoms with Gasteiger partial charge in [-0.15, -0.1) is 11.6 Å². The van der Waals surface area contributed by atoms with Crippen molar-refractivity contribution in [1.29, 1.82) is 0 Å². The summed E-state index contributed by atoms with van der Waals surface area (Å²) in [6, 6.07) is 3.12. The van der Waals surface area contributed by atoms with E-state index in [0.29, 0.717) is 0 Å². The molecule has 0 spiro atoms. The predicted molar refractivity (Wildman–Crippen MR) is 58.1 cm³/mol. The highest BCUT2D eigenvalue weighted by Gasteiger charge is 2.12. The van der Waals surface area contributed by atoms with E-state index in [1.165, 1.54) is 0 Å². The fourth-order valence-electron chi connectivity index (χ4n) is 1.11. The Kier molecular flexibility index (Phi) is 4.68. The van der Waals surface area contributed by atoms with Gasteiger partial charge in [0, 0.05) is 23.9 Å². The molecule has 0 fully saturated rings. The van der Waals surface area contributed by atoms with Crippen molar-refractivity contribution in [2.75, 3.05) is 5.88 Å². The molecule has 1 aromatic rings. The summed E-state index contributed by atoms with van der Waals surface area (Å²) in [5.74, 6) is -1.51. The summed E-state index contributed by atoms with van der Waals surface area (Å²) in [5.41, 5.74) is 0.120. The van der Waals surface area contributed by atoms with Crippen LogP contribution in [0.15, 0.2) is 18.2 Å². The Morgan fingerprint density at radius 2 is 2.19 bits per heavy atom. The molecule has 0 aliphatic heterocycles. The topological polar surface area (TPSA) is 29.1 Å². The fraction of sp³-hybridized carbons (Fsp3) is 0.364. The molecule has 1 unspecified atom stereocenters. The number of hydrogen-bond acceptors (Lipinski definition) is 1. The predicted octanol–water partition coefficient (Wildman–Crippen LogP) is 2.46. The van der Waals surface area contributed by atoms with E-state index < -0.39 is 11.6 Å². The minimum absolute atomic E-state index is 0.0380. The third-order valence-corrected chi connectivity index (χ3v) is 2.60. The SMILES string of the molecule is CC(CCl)C(=O)NCc1cc(F)ccc1F. The number of rotatable bonds is 4. The van der Waals surface area contributed by atoms with Gasteiger partial charge in [0.2, 0.25) is 5.91 Å². The van der Waals surface area contributed by atoms with E-state index in [2.05, 4.69) is 5.32 Å². The van der Waals surface area contributed by atoms with Crippen LogP contribution in [0, 0.1) is 17.6 Å². The van der Waals surface area contributed by atoms with Crippen LogP contribution < -0.4 is 5.32 Å². The summed E-state index contributed by atoms with van der Waals surface area (Å²) < 4.78 is 26.0. The van der Waals surface area contributed by atoms with Crippen molar-refractivity contribution in [3.05, 3.63) is 35.4 Å². The maximum Gasteiger partial charge on any atom is 0.224 e. The molecule has 1 amide bonds. The zero-order chi connectivity index (χ0) is 12.1. The molecule has 1 atom stereocenters. The quantitative estimate of drug-likeness (QED) is 0.814. The number of amides is 1. The van der Waals surface area contributed by atoms with Gasteiger partial charge in [0.15, 0.2) is 0 Å². The van der Waals surface area contributed by atoms with Crippen LogP contribution in [-0.4, -0.2) is 11.8 Å². The molecular weight excluding hydrogens is 236 g/mol. The van der Waals surface area contributed by atoms with Gasteiger partial charge in [-0.2, -0.15) is 0 Å². The second-order valence-corrected chi connectivity index (χ2v) is 3.82. The molecule has 0 aromatic heterocycles. The van der Waals surface area contributed by atoms with Gasteiger partial charge < -0.3 is 5.32 Å². The maximum atomic E-state index is 13.2. The van der Waals surface area contributed by atoms with Crippen molar-refractivity contribution in [2.45, 2.75) is 13.5 Å². The number of carbonyl (C=O) groups is 1. The van der Waals surface area contributed by atoms with E-state index >= 15 is 0 Å². The van der Waals surface area contributed by atoms with Gasteiger partial charge in [0.05, 0.1) is 0 Å². The maximum absolute atomic E-state index is 13.2. The molecule has 2 nitrogen and oxygen atoms in total. The highest BCUT2D eigenvalue weighted by atomic mass is 35.5. The second-order valence-electron chi connectivity index (χ2n) is 3.51. The minimum atomic E-state index is -0.541.